The smallest absolute Gasteiger partial charge is 0.343 e. The van der Waals surface area contributed by atoms with Gasteiger partial charge in [0, 0.05) is 10.7 Å². The monoisotopic (exact) mass is 332 g/mol. The lowest BCUT2D eigenvalue weighted by atomic mass is 10.2. The van der Waals surface area contributed by atoms with Crippen LogP contribution < -0.4 is 11.0 Å². The molecule has 2 aromatic carbocycles. The zero-order valence-electron chi connectivity index (χ0n) is 12.1. The summed E-state index contributed by atoms with van der Waals surface area (Å²) < 4.78 is 14.2. The van der Waals surface area contributed by atoms with Gasteiger partial charge >= 0.3 is 5.69 Å². The Bertz CT molecular complexity index is 857. The Hall–Kier alpha value is -2.60. The fourth-order valence-corrected chi connectivity index (χ4v) is 2.33. The summed E-state index contributed by atoms with van der Waals surface area (Å²) in [5, 5.41) is 7.99. The van der Waals surface area contributed by atoms with Crippen molar-refractivity contribution >= 4 is 17.3 Å². The highest BCUT2D eigenvalue weighted by Crippen LogP contribution is 2.15. The molecule has 0 saturated heterocycles. The van der Waals surface area contributed by atoms with Gasteiger partial charge in [0.2, 0.25) is 0 Å². The highest BCUT2D eigenvalue weighted by atomic mass is 35.5. The molecule has 0 saturated carbocycles. The van der Waals surface area contributed by atoms with Crippen LogP contribution in [0.4, 0.5) is 10.1 Å². The maximum Gasteiger partial charge on any atom is 0.343 e. The Morgan fingerprint density at radius 3 is 2.74 bits per heavy atom. The molecule has 0 amide bonds. The van der Waals surface area contributed by atoms with E-state index in [1.54, 1.807) is 24.3 Å². The van der Waals surface area contributed by atoms with Crippen LogP contribution in [0.2, 0.25) is 5.02 Å². The number of hydrogen-bond donors (Lipinski definition) is 2. The van der Waals surface area contributed by atoms with Gasteiger partial charge in [-0.2, -0.15) is 5.10 Å². The lowest BCUT2D eigenvalue weighted by molar-refractivity contribution is 0.621. The van der Waals surface area contributed by atoms with E-state index in [2.05, 4.69) is 15.4 Å². The van der Waals surface area contributed by atoms with Gasteiger partial charge in [0.1, 0.15) is 11.6 Å². The van der Waals surface area contributed by atoms with Crippen molar-refractivity contribution in [3.05, 3.63) is 81.2 Å². The van der Waals surface area contributed by atoms with Gasteiger partial charge in [-0.3, -0.25) is 4.98 Å². The number of halogens is 2. The predicted molar refractivity (Wildman–Crippen MR) is 87.1 cm³/mol. The molecule has 0 fully saturated rings. The van der Waals surface area contributed by atoms with Gasteiger partial charge in [0.25, 0.3) is 0 Å². The first-order valence-electron chi connectivity index (χ1n) is 7.00. The van der Waals surface area contributed by atoms with Crippen LogP contribution in [0.15, 0.2) is 53.3 Å². The third-order valence-electron chi connectivity index (χ3n) is 3.26. The van der Waals surface area contributed by atoms with Gasteiger partial charge in [-0.25, -0.2) is 13.9 Å². The molecule has 0 aliphatic carbocycles. The van der Waals surface area contributed by atoms with Gasteiger partial charge < -0.3 is 5.32 Å². The third kappa shape index (κ3) is 3.98. The number of rotatable bonds is 5. The standard InChI is InChI=1S/C16H14ClFN4O/c17-12-2-1-3-14(8-12)19-9-15-20-16(23)22(21-15)10-11-4-6-13(18)7-5-11/h1-8,19H,9-10H2,(H,20,21,23). The van der Waals surface area contributed by atoms with Gasteiger partial charge in [0.05, 0.1) is 13.1 Å². The number of H-pyrrole nitrogens is 1. The van der Waals surface area contributed by atoms with Crippen LogP contribution in [0, 0.1) is 5.82 Å². The van der Waals surface area contributed by atoms with Gasteiger partial charge in [-0.05, 0) is 35.9 Å². The first-order valence-corrected chi connectivity index (χ1v) is 7.38. The summed E-state index contributed by atoms with van der Waals surface area (Å²) in [4.78, 5) is 14.6. The molecule has 0 spiro atoms. The molecule has 0 aliphatic heterocycles. The molecule has 1 aromatic heterocycles. The fraction of sp³-hybridized carbons (Fsp3) is 0.125. The number of aromatic nitrogens is 3. The second kappa shape index (κ2) is 6.66. The van der Waals surface area contributed by atoms with E-state index in [0.29, 0.717) is 17.4 Å². The Morgan fingerprint density at radius 1 is 1.22 bits per heavy atom. The second-order valence-corrected chi connectivity index (χ2v) is 5.46. The van der Waals surface area contributed by atoms with Crippen molar-refractivity contribution < 1.29 is 4.39 Å². The lowest BCUT2D eigenvalue weighted by Crippen LogP contribution is -2.18. The molecule has 5 nitrogen and oxygen atoms in total. The van der Waals surface area contributed by atoms with Crippen molar-refractivity contribution in [1.29, 1.82) is 0 Å². The predicted octanol–water partition coefficient (Wildman–Crippen LogP) is 3.02. The molecular weight excluding hydrogens is 319 g/mol. The summed E-state index contributed by atoms with van der Waals surface area (Å²) in [7, 11) is 0. The molecular formula is C16H14ClFN4O. The van der Waals surface area contributed by atoms with E-state index in [0.717, 1.165) is 11.3 Å². The number of anilines is 1. The molecule has 0 bridgehead atoms. The van der Waals surface area contributed by atoms with E-state index in [-0.39, 0.29) is 18.1 Å². The molecule has 23 heavy (non-hydrogen) atoms. The van der Waals surface area contributed by atoms with Crippen LogP contribution in [0.3, 0.4) is 0 Å². The van der Waals surface area contributed by atoms with E-state index >= 15 is 0 Å². The summed E-state index contributed by atoms with van der Waals surface area (Å²) in [6.07, 6.45) is 0. The third-order valence-corrected chi connectivity index (χ3v) is 3.49. The second-order valence-electron chi connectivity index (χ2n) is 5.02. The fourth-order valence-electron chi connectivity index (χ4n) is 2.14. The summed E-state index contributed by atoms with van der Waals surface area (Å²) in [5.41, 5.74) is 1.33. The maximum absolute atomic E-state index is 12.9. The van der Waals surface area contributed by atoms with Crippen molar-refractivity contribution in [1.82, 2.24) is 14.8 Å². The van der Waals surface area contributed by atoms with Crippen molar-refractivity contribution in [2.45, 2.75) is 13.1 Å². The van der Waals surface area contributed by atoms with Crippen LogP contribution in [0.5, 0.6) is 0 Å². The first kappa shape index (κ1) is 15.3. The Labute approximate surface area is 136 Å². The molecule has 0 radical (unpaired) electrons. The molecule has 0 atom stereocenters. The highest BCUT2D eigenvalue weighted by Gasteiger charge is 2.06. The van der Waals surface area contributed by atoms with E-state index in [9.17, 15) is 9.18 Å². The molecule has 7 heteroatoms. The minimum absolute atomic E-state index is 0.285. The van der Waals surface area contributed by atoms with Gasteiger partial charge in [0.15, 0.2) is 0 Å². The van der Waals surface area contributed by atoms with Crippen LogP contribution in [-0.2, 0) is 13.1 Å². The summed E-state index contributed by atoms with van der Waals surface area (Å²) >= 11 is 5.91. The zero-order valence-corrected chi connectivity index (χ0v) is 12.8. The lowest BCUT2D eigenvalue weighted by Gasteiger charge is -2.04. The molecule has 1 heterocycles. The molecule has 3 rings (SSSR count). The van der Waals surface area contributed by atoms with Crippen LogP contribution in [0.25, 0.3) is 0 Å². The van der Waals surface area contributed by atoms with Crippen LogP contribution in [-0.4, -0.2) is 14.8 Å². The van der Waals surface area contributed by atoms with Crippen molar-refractivity contribution in [2.75, 3.05) is 5.32 Å². The number of hydrogen-bond acceptors (Lipinski definition) is 3. The summed E-state index contributed by atoms with van der Waals surface area (Å²) in [5.74, 6) is 0.201. The molecule has 0 aliphatic rings. The summed E-state index contributed by atoms with van der Waals surface area (Å²) in [6, 6.07) is 13.2. The van der Waals surface area contributed by atoms with Gasteiger partial charge in [-0.1, -0.05) is 29.8 Å². The van der Waals surface area contributed by atoms with Gasteiger partial charge in [-0.15, -0.1) is 0 Å². The van der Waals surface area contributed by atoms with E-state index in [1.165, 1.54) is 16.8 Å². The average molecular weight is 333 g/mol. The number of aromatic amines is 1. The SMILES string of the molecule is O=c1[nH]c(CNc2cccc(Cl)c2)nn1Cc1ccc(F)cc1. The number of nitrogens with one attached hydrogen (secondary N) is 2. The average Bonchev–Trinajstić information content (AvgIpc) is 2.88. The van der Waals surface area contributed by atoms with Crippen LogP contribution >= 0.6 is 11.6 Å². The Kier molecular flexibility index (Phi) is 4.43. The summed E-state index contributed by atoms with van der Waals surface area (Å²) in [6.45, 7) is 0.652. The minimum Gasteiger partial charge on any atom is -0.378 e. The van der Waals surface area contributed by atoms with Crippen LogP contribution in [0.1, 0.15) is 11.4 Å². The molecule has 0 unspecified atom stereocenters. The van der Waals surface area contributed by atoms with Crippen molar-refractivity contribution in [2.24, 2.45) is 0 Å². The highest BCUT2D eigenvalue weighted by molar-refractivity contribution is 6.30. The number of nitrogens with zero attached hydrogens (tertiary/aromatic N) is 2. The maximum atomic E-state index is 12.9. The topological polar surface area (TPSA) is 62.7 Å². The molecule has 2 N–H and O–H groups in total. The van der Waals surface area contributed by atoms with E-state index in [4.69, 9.17) is 11.6 Å². The van der Waals surface area contributed by atoms with E-state index in [1.807, 2.05) is 12.1 Å². The van der Waals surface area contributed by atoms with Crippen molar-refractivity contribution in [3.63, 3.8) is 0 Å². The Morgan fingerprint density at radius 2 is 2.00 bits per heavy atom. The number of benzene rings is 2. The first-order chi connectivity index (χ1) is 11.1. The molecule has 3 aromatic rings. The minimum atomic E-state index is -0.311. The normalized spacial score (nSPS) is 10.7. The zero-order chi connectivity index (χ0) is 16.2. The largest absolute Gasteiger partial charge is 0.378 e. The quantitative estimate of drug-likeness (QED) is 0.755. The molecule has 118 valence electrons. The van der Waals surface area contributed by atoms with Crippen molar-refractivity contribution in [3.8, 4) is 0 Å². The van der Waals surface area contributed by atoms with E-state index < -0.39 is 0 Å². The Balaban J connectivity index is 1.68.